The highest BCUT2D eigenvalue weighted by Crippen LogP contribution is 2.28. The third-order valence-corrected chi connectivity index (χ3v) is 4.52. The molecule has 5 heteroatoms. The number of hydrogen-bond donors (Lipinski definition) is 2. The number of carbonyl (C=O) groups excluding carboxylic acids is 2. The Labute approximate surface area is 163 Å². The monoisotopic (exact) mass is 369 g/mol. The van der Waals surface area contributed by atoms with Crippen LogP contribution < -0.4 is 11.1 Å². The molecular formula is C23H19N3O2. The van der Waals surface area contributed by atoms with Crippen LogP contribution in [0, 0.1) is 11.3 Å². The second-order valence-electron chi connectivity index (χ2n) is 6.34. The van der Waals surface area contributed by atoms with Crippen LogP contribution in [0.4, 0.5) is 0 Å². The van der Waals surface area contributed by atoms with E-state index in [9.17, 15) is 9.59 Å². The number of carbonyl (C=O) groups is 2. The van der Waals surface area contributed by atoms with Gasteiger partial charge in [0, 0.05) is 11.5 Å². The number of nitrogens with one attached hydrogen (secondary N) is 1. The molecule has 0 heterocycles. The number of nitriles is 1. The van der Waals surface area contributed by atoms with E-state index in [4.69, 9.17) is 11.0 Å². The zero-order chi connectivity index (χ0) is 19.9. The first kappa shape index (κ1) is 18.9. The van der Waals surface area contributed by atoms with Crippen LogP contribution in [0.1, 0.15) is 33.0 Å². The summed E-state index contributed by atoms with van der Waals surface area (Å²) in [6.07, 6.45) is 0. The molecule has 0 bridgehead atoms. The van der Waals surface area contributed by atoms with Crippen LogP contribution in [0.3, 0.4) is 0 Å². The van der Waals surface area contributed by atoms with Crippen LogP contribution in [0.25, 0.3) is 0 Å². The van der Waals surface area contributed by atoms with E-state index in [-0.39, 0.29) is 0 Å². The first-order valence-corrected chi connectivity index (χ1v) is 8.80. The second kappa shape index (κ2) is 8.65. The summed E-state index contributed by atoms with van der Waals surface area (Å²) in [5.41, 5.74) is 8.24. The zero-order valence-electron chi connectivity index (χ0n) is 15.1. The summed E-state index contributed by atoms with van der Waals surface area (Å²) in [6.45, 7) is 0. The summed E-state index contributed by atoms with van der Waals surface area (Å²) in [7, 11) is 0. The summed E-state index contributed by atoms with van der Waals surface area (Å²) < 4.78 is 0. The first-order valence-electron chi connectivity index (χ1n) is 8.80. The standard InChI is InChI=1S/C23H19N3O2/c24-15-16-11-13-19(14-12-16)23(28)26-21(22(25)27)20(17-7-3-1-4-8-17)18-9-5-2-6-10-18/h1-14,20-21H,(H2,25,27)(H,26,28)/t21-/m0/s1. The molecule has 0 radical (unpaired) electrons. The maximum atomic E-state index is 12.7. The predicted octanol–water partition coefficient (Wildman–Crippen LogP) is 2.97. The van der Waals surface area contributed by atoms with Gasteiger partial charge in [-0.05, 0) is 35.4 Å². The lowest BCUT2D eigenvalue weighted by atomic mass is 9.84. The molecule has 0 aliphatic carbocycles. The van der Waals surface area contributed by atoms with Crippen molar-refractivity contribution in [1.82, 2.24) is 5.32 Å². The van der Waals surface area contributed by atoms with Gasteiger partial charge < -0.3 is 11.1 Å². The summed E-state index contributed by atoms with van der Waals surface area (Å²) in [5, 5.41) is 11.7. The number of nitrogens with zero attached hydrogens (tertiary/aromatic N) is 1. The van der Waals surface area contributed by atoms with Crippen molar-refractivity contribution in [2.75, 3.05) is 0 Å². The zero-order valence-corrected chi connectivity index (χ0v) is 15.1. The van der Waals surface area contributed by atoms with Gasteiger partial charge in [0.15, 0.2) is 0 Å². The molecule has 1 atom stereocenters. The van der Waals surface area contributed by atoms with Gasteiger partial charge in [0.1, 0.15) is 6.04 Å². The van der Waals surface area contributed by atoms with Gasteiger partial charge in [-0.1, -0.05) is 60.7 Å². The molecular weight excluding hydrogens is 350 g/mol. The Morgan fingerprint density at radius 3 is 1.75 bits per heavy atom. The van der Waals surface area contributed by atoms with Crippen LogP contribution in [-0.2, 0) is 4.79 Å². The predicted molar refractivity (Wildman–Crippen MR) is 106 cm³/mol. The summed E-state index contributed by atoms with van der Waals surface area (Å²) in [5.74, 6) is -1.48. The van der Waals surface area contributed by atoms with Gasteiger partial charge in [0.25, 0.3) is 5.91 Å². The van der Waals surface area contributed by atoms with E-state index in [0.717, 1.165) is 11.1 Å². The van der Waals surface area contributed by atoms with E-state index in [1.54, 1.807) is 24.3 Å². The maximum absolute atomic E-state index is 12.7. The highest BCUT2D eigenvalue weighted by molar-refractivity contribution is 5.97. The fourth-order valence-corrected chi connectivity index (χ4v) is 3.14. The Balaban J connectivity index is 1.96. The molecule has 0 fully saturated rings. The van der Waals surface area contributed by atoms with E-state index < -0.39 is 23.8 Å². The SMILES string of the molecule is N#Cc1ccc(C(=O)N[C@H](C(N)=O)C(c2ccccc2)c2ccccc2)cc1. The van der Waals surface area contributed by atoms with Gasteiger partial charge in [-0.3, -0.25) is 9.59 Å². The molecule has 3 N–H and O–H groups in total. The van der Waals surface area contributed by atoms with E-state index in [1.807, 2.05) is 66.7 Å². The Hall–Kier alpha value is -3.91. The molecule has 0 saturated carbocycles. The molecule has 0 saturated heterocycles. The van der Waals surface area contributed by atoms with E-state index in [0.29, 0.717) is 11.1 Å². The number of benzene rings is 3. The molecule has 3 aromatic rings. The Bertz CT molecular complexity index is 954. The lowest BCUT2D eigenvalue weighted by Crippen LogP contribution is -2.48. The minimum absolute atomic E-state index is 0.352. The third-order valence-electron chi connectivity index (χ3n) is 4.52. The van der Waals surface area contributed by atoms with Crippen LogP contribution in [-0.4, -0.2) is 17.9 Å². The lowest BCUT2D eigenvalue weighted by molar-refractivity contribution is -0.120. The van der Waals surface area contributed by atoms with Gasteiger partial charge in [-0.25, -0.2) is 0 Å². The van der Waals surface area contributed by atoms with Gasteiger partial charge in [0.2, 0.25) is 5.91 Å². The van der Waals surface area contributed by atoms with Crippen molar-refractivity contribution in [1.29, 1.82) is 5.26 Å². The highest BCUT2D eigenvalue weighted by Gasteiger charge is 2.31. The minimum atomic E-state index is -0.937. The van der Waals surface area contributed by atoms with E-state index in [2.05, 4.69) is 5.32 Å². The van der Waals surface area contributed by atoms with Crippen molar-refractivity contribution in [3.05, 3.63) is 107 Å². The van der Waals surface area contributed by atoms with Crippen LogP contribution in [0.2, 0.25) is 0 Å². The van der Waals surface area contributed by atoms with Crippen molar-refractivity contribution >= 4 is 11.8 Å². The molecule has 28 heavy (non-hydrogen) atoms. The maximum Gasteiger partial charge on any atom is 0.251 e. The minimum Gasteiger partial charge on any atom is -0.368 e. The van der Waals surface area contributed by atoms with E-state index >= 15 is 0 Å². The number of amides is 2. The second-order valence-corrected chi connectivity index (χ2v) is 6.34. The molecule has 0 aromatic heterocycles. The van der Waals surface area contributed by atoms with Gasteiger partial charge in [-0.15, -0.1) is 0 Å². The summed E-state index contributed by atoms with van der Waals surface area (Å²) in [6, 6.07) is 26.2. The molecule has 138 valence electrons. The van der Waals surface area contributed by atoms with Gasteiger partial charge in [-0.2, -0.15) is 5.26 Å². The number of nitrogens with two attached hydrogens (primary N) is 1. The quantitative estimate of drug-likeness (QED) is 0.699. The lowest BCUT2D eigenvalue weighted by Gasteiger charge is -2.27. The Kier molecular flexibility index (Phi) is 5.83. The summed E-state index contributed by atoms with van der Waals surface area (Å²) >= 11 is 0. The van der Waals surface area contributed by atoms with Crippen LogP contribution in [0.15, 0.2) is 84.9 Å². The molecule has 5 nitrogen and oxygen atoms in total. The number of hydrogen-bond acceptors (Lipinski definition) is 3. The van der Waals surface area contributed by atoms with Crippen molar-refractivity contribution in [2.24, 2.45) is 5.73 Å². The van der Waals surface area contributed by atoms with Crippen LogP contribution >= 0.6 is 0 Å². The average molecular weight is 369 g/mol. The Morgan fingerprint density at radius 1 is 0.821 bits per heavy atom. The highest BCUT2D eigenvalue weighted by atomic mass is 16.2. The van der Waals surface area contributed by atoms with Crippen molar-refractivity contribution in [3.63, 3.8) is 0 Å². The van der Waals surface area contributed by atoms with Crippen molar-refractivity contribution in [3.8, 4) is 6.07 Å². The Morgan fingerprint density at radius 2 is 1.32 bits per heavy atom. The molecule has 0 unspecified atom stereocenters. The first-order chi connectivity index (χ1) is 13.6. The molecule has 0 aliphatic heterocycles. The molecule has 0 aliphatic rings. The van der Waals surface area contributed by atoms with Crippen LogP contribution in [0.5, 0.6) is 0 Å². The summed E-state index contributed by atoms with van der Waals surface area (Å²) in [4.78, 5) is 25.0. The van der Waals surface area contributed by atoms with Gasteiger partial charge >= 0.3 is 0 Å². The molecule has 2 amide bonds. The third kappa shape index (κ3) is 4.25. The topological polar surface area (TPSA) is 96.0 Å². The van der Waals surface area contributed by atoms with Gasteiger partial charge in [0.05, 0.1) is 11.6 Å². The normalized spacial score (nSPS) is 11.4. The number of rotatable bonds is 6. The number of primary amides is 1. The molecule has 3 aromatic carbocycles. The van der Waals surface area contributed by atoms with Crippen molar-refractivity contribution in [2.45, 2.75) is 12.0 Å². The largest absolute Gasteiger partial charge is 0.368 e. The van der Waals surface area contributed by atoms with E-state index in [1.165, 1.54) is 0 Å². The molecule has 3 rings (SSSR count). The molecule has 0 spiro atoms. The van der Waals surface area contributed by atoms with Crippen molar-refractivity contribution < 1.29 is 9.59 Å². The fourth-order valence-electron chi connectivity index (χ4n) is 3.14. The smallest absolute Gasteiger partial charge is 0.251 e. The fraction of sp³-hybridized carbons (Fsp3) is 0.0870. The average Bonchev–Trinajstić information content (AvgIpc) is 2.74.